The fraction of sp³-hybridized carbons (Fsp3) is 0.250. The monoisotopic (exact) mass is 284 g/mol. The molecule has 1 atom stereocenters. The molecule has 1 N–H and O–H groups in total. The van der Waals surface area contributed by atoms with E-state index in [0.29, 0.717) is 17.5 Å². The molecular weight excluding hydrogens is 268 g/mol. The molecule has 0 saturated heterocycles. The maximum absolute atomic E-state index is 11.5. The van der Waals surface area contributed by atoms with Crippen LogP contribution >= 0.6 is 0 Å². The van der Waals surface area contributed by atoms with Gasteiger partial charge in [0.15, 0.2) is 0 Å². The average molecular weight is 284 g/mol. The second kappa shape index (κ2) is 5.09. The van der Waals surface area contributed by atoms with Crippen LogP contribution in [-0.2, 0) is 6.42 Å². The molecule has 1 aromatic carbocycles. The molecule has 1 unspecified atom stereocenters. The number of para-hydroxylation sites is 1. The highest BCUT2D eigenvalue weighted by molar-refractivity contribution is 6.01. The van der Waals surface area contributed by atoms with Crippen LogP contribution in [0.1, 0.15) is 34.9 Å². The molecule has 3 aromatic rings. The highest BCUT2D eigenvalue weighted by Crippen LogP contribution is 2.26. The smallest absolute Gasteiger partial charge is 0.337 e. The molecule has 3 rings (SSSR count). The molecule has 0 aliphatic carbocycles. The Morgan fingerprint density at radius 3 is 2.86 bits per heavy atom. The van der Waals surface area contributed by atoms with Gasteiger partial charge < -0.3 is 14.1 Å². The Labute approximate surface area is 121 Å². The molecule has 0 fully saturated rings. The summed E-state index contributed by atoms with van der Waals surface area (Å²) in [5, 5.41) is 9.40. The van der Waals surface area contributed by atoms with Crippen molar-refractivity contribution < 1.29 is 14.3 Å². The summed E-state index contributed by atoms with van der Waals surface area (Å²) in [7, 11) is 0. The van der Waals surface area contributed by atoms with E-state index in [2.05, 4.69) is 4.98 Å². The zero-order chi connectivity index (χ0) is 15.0. The van der Waals surface area contributed by atoms with Gasteiger partial charge in [-0.25, -0.2) is 9.78 Å². The van der Waals surface area contributed by atoms with Crippen LogP contribution in [0.3, 0.4) is 0 Å². The quantitative estimate of drug-likeness (QED) is 0.796. The number of imidazole rings is 1. The van der Waals surface area contributed by atoms with Crippen molar-refractivity contribution in [2.24, 2.45) is 0 Å². The summed E-state index contributed by atoms with van der Waals surface area (Å²) in [4.78, 5) is 15.9. The van der Waals surface area contributed by atoms with Crippen molar-refractivity contribution in [1.29, 1.82) is 0 Å². The van der Waals surface area contributed by atoms with Gasteiger partial charge in [-0.3, -0.25) is 0 Å². The van der Waals surface area contributed by atoms with Crippen LogP contribution in [0.25, 0.3) is 11.0 Å². The van der Waals surface area contributed by atoms with Crippen molar-refractivity contribution in [2.75, 3.05) is 0 Å². The lowest BCUT2D eigenvalue weighted by molar-refractivity contribution is 0.0698. The summed E-state index contributed by atoms with van der Waals surface area (Å²) in [6.07, 6.45) is 2.33. The van der Waals surface area contributed by atoms with Crippen molar-refractivity contribution in [3.8, 4) is 0 Å². The molecule has 0 aliphatic heterocycles. The Balaban J connectivity index is 2.12. The molecule has 0 bridgehead atoms. The summed E-state index contributed by atoms with van der Waals surface area (Å²) in [6, 6.07) is 9.00. The fourth-order valence-corrected chi connectivity index (χ4v) is 2.79. The predicted molar refractivity (Wildman–Crippen MR) is 78.6 cm³/mol. The van der Waals surface area contributed by atoms with Crippen LogP contribution in [0.15, 0.2) is 41.0 Å². The Morgan fingerprint density at radius 2 is 2.19 bits per heavy atom. The lowest BCUT2D eigenvalue weighted by Gasteiger charge is -2.16. The number of benzene rings is 1. The Bertz CT molecular complexity index is 787. The van der Waals surface area contributed by atoms with E-state index < -0.39 is 5.97 Å². The Kier molecular flexibility index (Phi) is 3.25. The molecule has 0 spiro atoms. The molecule has 5 heteroatoms. The molecule has 21 heavy (non-hydrogen) atoms. The van der Waals surface area contributed by atoms with E-state index in [-0.39, 0.29) is 11.6 Å². The maximum Gasteiger partial charge on any atom is 0.337 e. The van der Waals surface area contributed by atoms with Gasteiger partial charge in [0.25, 0.3) is 0 Å². The van der Waals surface area contributed by atoms with E-state index in [1.807, 2.05) is 36.6 Å². The first-order valence-electron chi connectivity index (χ1n) is 6.81. The third kappa shape index (κ3) is 2.31. The molecule has 108 valence electrons. The number of aromatic nitrogens is 2. The first-order chi connectivity index (χ1) is 10.1. The number of aromatic carboxylic acids is 1. The fourth-order valence-electron chi connectivity index (χ4n) is 2.79. The number of rotatable bonds is 4. The standard InChI is InChI=1S/C16H16N2O3/c1-10(9-12-5-4-8-21-12)18-11(2)17-14-7-3-6-13(15(14)18)16(19)20/h3-8,10H,9H2,1-2H3,(H,19,20). The van der Waals surface area contributed by atoms with Crippen LogP contribution < -0.4 is 0 Å². The Morgan fingerprint density at radius 1 is 1.38 bits per heavy atom. The molecule has 0 amide bonds. The van der Waals surface area contributed by atoms with Crippen LogP contribution in [0.2, 0.25) is 0 Å². The van der Waals surface area contributed by atoms with E-state index >= 15 is 0 Å². The van der Waals surface area contributed by atoms with Gasteiger partial charge in [0.05, 0.1) is 22.9 Å². The van der Waals surface area contributed by atoms with E-state index in [1.165, 1.54) is 0 Å². The van der Waals surface area contributed by atoms with Crippen LogP contribution in [0.5, 0.6) is 0 Å². The number of carboxylic acids is 1. The normalized spacial score (nSPS) is 12.7. The second-order valence-corrected chi connectivity index (χ2v) is 5.14. The number of nitrogens with zero attached hydrogens (tertiary/aromatic N) is 2. The molecule has 0 saturated carbocycles. The maximum atomic E-state index is 11.5. The minimum atomic E-state index is -0.938. The number of hydrogen-bond acceptors (Lipinski definition) is 3. The molecule has 2 heterocycles. The first-order valence-corrected chi connectivity index (χ1v) is 6.81. The molecule has 5 nitrogen and oxygen atoms in total. The van der Waals surface area contributed by atoms with Crippen LogP contribution in [-0.4, -0.2) is 20.6 Å². The summed E-state index contributed by atoms with van der Waals surface area (Å²) in [5.74, 6) is 0.737. The largest absolute Gasteiger partial charge is 0.478 e. The van der Waals surface area contributed by atoms with Crippen LogP contribution in [0.4, 0.5) is 0 Å². The van der Waals surface area contributed by atoms with Gasteiger partial charge in [-0.15, -0.1) is 0 Å². The number of furan rings is 1. The van der Waals surface area contributed by atoms with Crippen molar-refractivity contribution in [3.63, 3.8) is 0 Å². The summed E-state index contributed by atoms with van der Waals surface area (Å²) < 4.78 is 7.36. The molecule has 0 radical (unpaired) electrons. The van der Waals surface area contributed by atoms with Crippen LogP contribution in [0, 0.1) is 6.92 Å². The van der Waals surface area contributed by atoms with Gasteiger partial charge in [0, 0.05) is 12.5 Å². The number of carboxylic acid groups (broad SMARTS) is 1. The third-order valence-electron chi connectivity index (χ3n) is 3.63. The van der Waals surface area contributed by atoms with Crippen molar-refractivity contribution in [1.82, 2.24) is 9.55 Å². The van der Waals surface area contributed by atoms with Crippen molar-refractivity contribution in [3.05, 3.63) is 53.7 Å². The number of carbonyl (C=O) groups is 1. The highest BCUT2D eigenvalue weighted by atomic mass is 16.4. The Hall–Kier alpha value is -2.56. The lowest BCUT2D eigenvalue weighted by atomic mass is 10.1. The molecule has 0 aliphatic rings. The summed E-state index contributed by atoms with van der Waals surface area (Å²) in [5.41, 5.74) is 1.65. The van der Waals surface area contributed by atoms with E-state index in [0.717, 1.165) is 11.6 Å². The number of hydrogen-bond donors (Lipinski definition) is 1. The van der Waals surface area contributed by atoms with E-state index in [9.17, 15) is 9.90 Å². The van der Waals surface area contributed by atoms with Gasteiger partial charge in [-0.2, -0.15) is 0 Å². The van der Waals surface area contributed by atoms with Gasteiger partial charge in [-0.05, 0) is 38.1 Å². The minimum Gasteiger partial charge on any atom is -0.478 e. The van der Waals surface area contributed by atoms with Crippen molar-refractivity contribution >= 4 is 17.0 Å². The van der Waals surface area contributed by atoms with Gasteiger partial charge in [-0.1, -0.05) is 6.07 Å². The number of aryl methyl sites for hydroxylation is 1. The number of fused-ring (bicyclic) bond motifs is 1. The van der Waals surface area contributed by atoms with E-state index in [1.54, 1.807) is 18.4 Å². The topological polar surface area (TPSA) is 68.3 Å². The first kappa shape index (κ1) is 13.4. The third-order valence-corrected chi connectivity index (χ3v) is 3.63. The van der Waals surface area contributed by atoms with E-state index in [4.69, 9.17) is 4.42 Å². The predicted octanol–water partition coefficient (Wildman–Crippen LogP) is 3.44. The van der Waals surface area contributed by atoms with Gasteiger partial charge in [0.2, 0.25) is 0 Å². The zero-order valence-electron chi connectivity index (χ0n) is 11.9. The highest BCUT2D eigenvalue weighted by Gasteiger charge is 2.19. The van der Waals surface area contributed by atoms with Crippen molar-refractivity contribution in [2.45, 2.75) is 26.3 Å². The second-order valence-electron chi connectivity index (χ2n) is 5.14. The SMILES string of the molecule is Cc1nc2cccc(C(=O)O)c2n1C(C)Cc1ccco1. The lowest BCUT2D eigenvalue weighted by Crippen LogP contribution is -2.12. The summed E-state index contributed by atoms with van der Waals surface area (Å²) >= 11 is 0. The average Bonchev–Trinajstić information content (AvgIpc) is 3.03. The summed E-state index contributed by atoms with van der Waals surface area (Å²) in [6.45, 7) is 3.93. The molecular formula is C16H16N2O3. The molecule has 2 aromatic heterocycles. The zero-order valence-corrected chi connectivity index (χ0v) is 11.9. The van der Waals surface area contributed by atoms with Gasteiger partial charge in [0.1, 0.15) is 11.6 Å². The van der Waals surface area contributed by atoms with Gasteiger partial charge >= 0.3 is 5.97 Å². The minimum absolute atomic E-state index is 0.0571.